The molecular formula is C43H53F3N4O4. The van der Waals surface area contributed by atoms with Gasteiger partial charge in [0.25, 0.3) is 11.5 Å². The summed E-state index contributed by atoms with van der Waals surface area (Å²) in [4.78, 5) is 42.5. The van der Waals surface area contributed by atoms with E-state index in [1.807, 2.05) is 12.1 Å². The summed E-state index contributed by atoms with van der Waals surface area (Å²) in [7, 11) is 0. The van der Waals surface area contributed by atoms with Gasteiger partial charge < -0.3 is 14.9 Å². The van der Waals surface area contributed by atoms with E-state index in [2.05, 4.69) is 24.0 Å². The predicted molar refractivity (Wildman–Crippen MR) is 200 cm³/mol. The first-order valence-corrected chi connectivity index (χ1v) is 20.1. The lowest BCUT2D eigenvalue weighted by atomic mass is 9.44. The van der Waals surface area contributed by atoms with Gasteiger partial charge in [-0.25, -0.2) is 18.3 Å². The van der Waals surface area contributed by atoms with Gasteiger partial charge in [-0.3, -0.25) is 14.4 Å². The maximum Gasteiger partial charge on any atom is 0.272 e. The molecule has 2 amide bonds. The molecule has 2 aromatic carbocycles. The molecule has 0 spiro atoms. The molecule has 1 saturated heterocycles. The molecule has 0 radical (unpaired) electrons. The lowest BCUT2D eigenvalue weighted by Crippen LogP contribution is -2.57. The standard InChI is InChI=1S/C43H53F3N4O4/c1-40-18-19-43(45,46)26-28(40)10-11-31-33(40)13-16-41(2)34(31)14-17-42(41,54)15-5-8-37(51)49-20-22-50(23-21-49)39(53)32-24-27(9-12-35(32)44)25-36-29-6-3-4-7-30(29)38(52)48-47-36/h3-4,6-7,9,12,24,28,31,33-34,54H,5,8,10-11,13-23,25-26H2,1-2H3,(H,48,52)/t28-,31+,33-,34-,40-,41-,42-/m0/s1. The number of benzene rings is 2. The van der Waals surface area contributed by atoms with E-state index in [1.165, 1.54) is 6.07 Å². The largest absolute Gasteiger partial charge is 0.389 e. The molecule has 5 aliphatic rings. The molecule has 8 rings (SSSR count). The lowest BCUT2D eigenvalue weighted by Gasteiger charge is -2.61. The van der Waals surface area contributed by atoms with Crippen molar-refractivity contribution in [1.82, 2.24) is 20.0 Å². The second-order valence-electron chi connectivity index (χ2n) is 17.8. The summed E-state index contributed by atoms with van der Waals surface area (Å²) in [5.41, 5.74) is -0.123. The zero-order valence-electron chi connectivity index (χ0n) is 31.5. The van der Waals surface area contributed by atoms with Crippen LogP contribution in [0.4, 0.5) is 13.2 Å². The maximum atomic E-state index is 15.0. The highest BCUT2D eigenvalue weighted by Gasteiger charge is 2.65. The summed E-state index contributed by atoms with van der Waals surface area (Å²) in [6.07, 6.45) is 7.81. The summed E-state index contributed by atoms with van der Waals surface area (Å²) in [6, 6.07) is 11.6. The summed E-state index contributed by atoms with van der Waals surface area (Å²) < 4.78 is 43.8. The predicted octanol–water partition coefficient (Wildman–Crippen LogP) is 7.52. The van der Waals surface area contributed by atoms with Crippen LogP contribution in [0, 0.1) is 40.3 Å². The topological polar surface area (TPSA) is 107 Å². The molecule has 4 aliphatic carbocycles. The molecule has 8 nitrogen and oxygen atoms in total. The van der Waals surface area contributed by atoms with Crippen molar-refractivity contribution in [2.24, 2.45) is 34.5 Å². The summed E-state index contributed by atoms with van der Waals surface area (Å²) >= 11 is 0. The van der Waals surface area contributed by atoms with E-state index in [9.17, 15) is 28.3 Å². The Kier molecular flexibility index (Phi) is 9.50. The zero-order valence-corrected chi connectivity index (χ0v) is 31.5. The van der Waals surface area contributed by atoms with Gasteiger partial charge in [-0.05, 0) is 116 Å². The molecule has 1 aromatic heterocycles. The third-order valence-electron chi connectivity index (χ3n) is 15.3. The molecule has 2 heterocycles. The van der Waals surface area contributed by atoms with Crippen molar-refractivity contribution < 1.29 is 27.9 Å². The Bertz CT molecular complexity index is 2000. The Hall–Kier alpha value is -3.73. The smallest absolute Gasteiger partial charge is 0.272 e. The van der Waals surface area contributed by atoms with Crippen LogP contribution in [0.15, 0.2) is 47.3 Å². The number of amides is 2. The van der Waals surface area contributed by atoms with Crippen molar-refractivity contribution in [1.29, 1.82) is 0 Å². The van der Waals surface area contributed by atoms with E-state index >= 15 is 4.39 Å². The van der Waals surface area contributed by atoms with E-state index in [0.29, 0.717) is 98.1 Å². The van der Waals surface area contributed by atoms with E-state index in [4.69, 9.17) is 0 Å². The van der Waals surface area contributed by atoms with E-state index in [0.717, 1.165) is 38.5 Å². The molecule has 290 valence electrons. The fraction of sp³-hybridized carbons (Fsp3) is 0.628. The Morgan fingerprint density at radius 2 is 1.63 bits per heavy atom. The monoisotopic (exact) mass is 746 g/mol. The van der Waals surface area contributed by atoms with E-state index in [-0.39, 0.29) is 46.6 Å². The van der Waals surface area contributed by atoms with Gasteiger partial charge in [0.1, 0.15) is 5.82 Å². The van der Waals surface area contributed by atoms with Crippen LogP contribution in [0.1, 0.15) is 113 Å². The molecule has 54 heavy (non-hydrogen) atoms. The van der Waals surface area contributed by atoms with Crippen LogP contribution in [0.3, 0.4) is 0 Å². The quantitative estimate of drug-likeness (QED) is 0.260. The van der Waals surface area contributed by atoms with Gasteiger partial charge in [0.15, 0.2) is 0 Å². The van der Waals surface area contributed by atoms with Crippen molar-refractivity contribution in [3.63, 3.8) is 0 Å². The number of rotatable bonds is 7. The van der Waals surface area contributed by atoms with E-state index < -0.39 is 23.2 Å². The molecule has 4 saturated carbocycles. The zero-order chi connectivity index (χ0) is 38.0. The Morgan fingerprint density at radius 3 is 2.41 bits per heavy atom. The number of H-pyrrole nitrogens is 1. The average Bonchev–Trinajstić information content (AvgIpc) is 3.43. The second kappa shape index (κ2) is 13.8. The van der Waals surface area contributed by atoms with Gasteiger partial charge >= 0.3 is 0 Å². The van der Waals surface area contributed by atoms with Gasteiger partial charge in [0, 0.05) is 57.2 Å². The van der Waals surface area contributed by atoms with Gasteiger partial charge in [-0.2, -0.15) is 5.10 Å². The number of fused-ring (bicyclic) bond motifs is 6. The molecular weight excluding hydrogens is 693 g/mol. The number of piperazine rings is 1. The first-order chi connectivity index (χ1) is 25.7. The molecule has 0 unspecified atom stereocenters. The van der Waals surface area contributed by atoms with Crippen LogP contribution in [0.5, 0.6) is 0 Å². The summed E-state index contributed by atoms with van der Waals surface area (Å²) in [5, 5.41) is 20.1. The number of nitrogens with one attached hydrogen (secondary N) is 1. The van der Waals surface area contributed by atoms with Crippen molar-refractivity contribution in [2.45, 2.75) is 109 Å². The highest BCUT2D eigenvalue weighted by Crippen LogP contribution is 2.69. The lowest BCUT2D eigenvalue weighted by molar-refractivity contribution is -0.180. The van der Waals surface area contributed by atoms with E-state index in [1.54, 1.807) is 34.1 Å². The fourth-order valence-electron chi connectivity index (χ4n) is 12.1. The number of halogens is 3. The number of aromatic amines is 1. The number of hydrogen-bond acceptors (Lipinski definition) is 5. The average molecular weight is 747 g/mol. The molecule has 1 aliphatic heterocycles. The van der Waals surface area contributed by atoms with Crippen LogP contribution >= 0.6 is 0 Å². The van der Waals surface area contributed by atoms with Gasteiger partial charge in [0.05, 0.1) is 22.2 Å². The molecule has 7 atom stereocenters. The molecule has 5 fully saturated rings. The number of nitrogens with zero attached hydrogens (tertiary/aromatic N) is 3. The van der Waals surface area contributed by atoms with Crippen LogP contribution in [-0.4, -0.2) is 74.6 Å². The van der Waals surface area contributed by atoms with Crippen LogP contribution in [0.25, 0.3) is 10.8 Å². The Morgan fingerprint density at radius 1 is 0.907 bits per heavy atom. The number of alkyl halides is 2. The van der Waals surface area contributed by atoms with Crippen molar-refractivity contribution in [3.05, 3.63) is 75.5 Å². The number of carbonyl (C=O) groups is 2. The third kappa shape index (κ3) is 6.36. The highest BCUT2D eigenvalue weighted by atomic mass is 19.3. The summed E-state index contributed by atoms with van der Waals surface area (Å²) in [6.45, 7) is 5.84. The number of aromatic nitrogens is 2. The minimum absolute atomic E-state index is 0.00235. The molecule has 11 heteroatoms. The fourth-order valence-corrected chi connectivity index (χ4v) is 12.1. The first-order valence-electron chi connectivity index (χ1n) is 20.1. The summed E-state index contributed by atoms with van der Waals surface area (Å²) in [5.74, 6) is -2.19. The first kappa shape index (κ1) is 37.2. The highest BCUT2D eigenvalue weighted by molar-refractivity contribution is 5.95. The van der Waals surface area contributed by atoms with Gasteiger partial charge in [-0.15, -0.1) is 0 Å². The van der Waals surface area contributed by atoms with Gasteiger partial charge in [0.2, 0.25) is 11.8 Å². The molecule has 3 aromatic rings. The third-order valence-corrected chi connectivity index (χ3v) is 15.3. The second-order valence-corrected chi connectivity index (χ2v) is 17.8. The van der Waals surface area contributed by atoms with Gasteiger partial charge in [-0.1, -0.05) is 38.1 Å². The Balaban J connectivity index is 0.842. The minimum Gasteiger partial charge on any atom is -0.389 e. The van der Waals surface area contributed by atoms with Crippen molar-refractivity contribution in [3.8, 4) is 0 Å². The maximum absolute atomic E-state index is 15.0. The van der Waals surface area contributed by atoms with Crippen LogP contribution < -0.4 is 5.56 Å². The molecule has 2 N–H and O–H groups in total. The number of hydrogen-bond donors (Lipinski definition) is 2. The number of carbonyl (C=O) groups excluding carboxylic acids is 2. The SMILES string of the molecule is C[C@]12CCC(F)(F)C[C@@H]1CC[C@@H]1[C@@H]2CC[C@@]2(C)[C@H]1CC[C@@]2(O)CCCC(=O)N1CCN(C(=O)c2cc(Cc3n[nH]c(=O)c4ccccc34)ccc2F)CC1. The number of aliphatic hydroxyl groups is 1. The normalized spacial score (nSPS) is 33.2. The van der Waals surface area contributed by atoms with Crippen LogP contribution in [-0.2, 0) is 11.2 Å². The minimum atomic E-state index is -2.54. The van der Waals surface area contributed by atoms with Crippen molar-refractivity contribution in [2.75, 3.05) is 26.2 Å². The van der Waals surface area contributed by atoms with Crippen molar-refractivity contribution >= 4 is 22.6 Å². The molecule has 0 bridgehead atoms. The Labute approximate surface area is 314 Å². The van der Waals surface area contributed by atoms with Crippen LogP contribution in [0.2, 0.25) is 0 Å².